The Hall–Kier alpha value is -1.88. The van der Waals surface area contributed by atoms with Crippen LogP contribution in [0, 0.1) is 13.8 Å². The van der Waals surface area contributed by atoms with Crippen molar-refractivity contribution < 1.29 is 14.9 Å². The molecule has 0 radical (unpaired) electrons. The Bertz CT molecular complexity index is 616. The molecule has 0 saturated heterocycles. The van der Waals surface area contributed by atoms with Gasteiger partial charge in [0, 0.05) is 19.6 Å². The highest BCUT2D eigenvalue weighted by atomic mass is 16.5. The Morgan fingerprint density at radius 3 is 2.50 bits per heavy atom. The van der Waals surface area contributed by atoms with Gasteiger partial charge in [0.1, 0.15) is 18.5 Å². The molecule has 0 unspecified atom stereocenters. The maximum absolute atomic E-state index is 10.3. The van der Waals surface area contributed by atoms with E-state index in [-0.39, 0.29) is 13.2 Å². The molecule has 4 nitrogen and oxygen atoms in total. The molecule has 2 aromatic carbocycles. The van der Waals surface area contributed by atoms with E-state index in [0.717, 1.165) is 16.9 Å². The van der Waals surface area contributed by atoms with Gasteiger partial charge in [0.2, 0.25) is 0 Å². The average molecular weight is 329 g/mol. The molecule has 1 atom stereocenters. The van der Waals surface area contributed by atoms with E-state index in [1.165, 1.54) is 5.56 Å². The first-order valence-electron chi connectivity index (χ1n) is 8.33. The summed E-state index contributed by atoms with van der Waals surface area (Å²) in [5.74, 6) is 0.802. The second kappa shape index (κ2) is 9.42. The quantitative estimate of drug-likeness (QED) is 0.742. The zero-order valence-corrected chi connectivity index (χ0v) is 14.5. The van der Waals surface area contributed by atoms with Crippen molar-refractivity contribution in [2.75, 3.05) is 26.3 Å². The molecule has 0 heterocycles. The topological polar surface area (TPSA) is 52.9 Å². The lowest BCUT2D eigenvalue weighted by atomic mass is 10.1. The van der Waals surface area contributed by atoms with Crippen LogP contribution in [0.2, 0.25) is 0 Å². The van der Waals surface area contributed by atoms with Crippen LogP contribution in [-0.2, 0) is 6.54 Å². The molecule has 0 spiro atoms. The van der Waals surface area contributed by atoms with E-state index in [1.807, 2.05) is 61.2 Å². The van der Waals surface area contributed by atoms with Gasteiger partial charge in [0.15, 0.2) is 0 Å². The second-order valence-corrected chi connectivity index (χ2v) is 6.18. The van der Waals surface area contributed by atoms with Crippen LogP contribution in [0.1, 0.15) is 16.7 Å². The van der Waals surface area contributed by atoms with Gasteiger partial charge in [-0.1, -0.05) is 48.0 Å². The van der Waals surface area contributed by atoms with Crippen LogP contribution in [0.3, 0.4) is 0 Å². The van der Waals surface area contributed by atoms with Crippen molar-refractivity contribution in [1.29, 1.82) is 0 Å². The molecule has 2 rings (SSSR count). The molecule has 0 aliphatic heterocycles. The number of nitrogens with zero attached hydrogens (tertiary/aromatic N) is 1. The smallest absolute Gasteiger partial charge is 0.122 e. The summed E-state index contributed by atoms with van der Waals surface area (Å²) in [7, 11) is 0. The zero-order valence-electron chi connectivity index (χ0n) is 14.5. The zero-order chi connectivity index (χ0) is 17.4. The molecule has 4 heteroatoms. The Morgan fingerprint density at radius 1 is 1.08 bits per heavy atom. The molecule has 0 fully saturated rings. The molecular weight excluding hydrogens is 302 g/mol. The van der Waals surface area contributed by atoms with E-state index >= 15 is 0 Å². The standard InChI is InChI=1S/C20H27NO3/c1-16-8-9-20(17(2)12-16)24-15-19(23)14-21(10-11-22)13-18-6-4-3-5-7-18/h3-9,12,19,22-23H,10-11,13-15H2,1-2H3/t19-/m1/s1. The molecule has 130 valence electrons. The molecule has 0 saturated carbocycles. The molecular formula is C20H27NO3. The molecule has 0 aromatic heterocycles. The van der Waals surface area contributed by atoms with Crippen molar-refractivity contribution in [3.63, 3.8) is 0 Å². The third-order valence-electron chi connectivity index (χ3n) is 3.90. The first-order valence-corrected chi connectivity index (χ1v) is 8.33. The molecule has 2 N–H and O–H groups in total. The van der Waals surface area contributed by atoms with E-state index in [1.54, 1.807) is 0 Å². The van der Waals surface area contributed by atoms with Gasteiger partial charge in [-0.05, 0) is 31.0 Å². The maximum atomic E-state index is 10.3. The Morgan fingerprint density at radius 2 is 1.83 bits per heavy atom. The van der Waals surface area contributed by atoms with Crippen LogP contribution in [0.25, 0.3) is 0 Å². The lowest BCUT2D eigenvalue weighted by Crippen LogP contribution is -2.37. The van der Waals surface area contributed by atoms with E-state index in [0.29, 0.717) is 19.6 Å². The van der Waals surface area contributed by atoms with Crippen LogP contribution in [-0.4, -0.2) is 47.5 Å². The number of aliphatic hydroxyl groups is 2. The Labute approximate surface area is 144 Å². The van der Waals surface area contributed by atoms with Crippen LogP contribution >= 0.6 is 0 Å². The minimum absolute atomic E-state index is 0.0669. The Balaban J connectivity index is 1.86. The number of ether oxygens (including phenoxy) is 1. The second-order valence-electron chi connectivity index (χ2n) is 6.18. The molecule has 0 aliphatic rings. The van der Waals surface area contributed by atoms with Crippen LogP contribution in [0.5, 0.6) is 5.75 Å². The van der Waals surface area contributed by atoms with Crippen molar-refractivity contribution in [1.82, 2.24) is 4.90 Å². The number of aliphatic hydroxyl groups excluding tert-OH is 2. The number of benzene rings is 2. The highest BCUT2D eigenvalue weighted by Crippen LogP contribution is 2.19. The van der Waals surface area contributed by atoms with Crippen molar-refractivity contribution in [3.8, 4) is 5.75 Å². The predicted molar refractivity (Wildman–Crippen MR) is 96.2 cm³/mol. The highest BCUT2D eigenvalue weighted by molar-refractivity contribution is 5.35. The van der Waals surface area contributed by atoms with Crippen LogP contribution in [0.15, 0.2) is 48.5 Å². The number of hydrogen-bond acceptors (Lipinski definition) is 4. The fourth-order valence-electron chi connectivity index (χ4n) is 2.72. The fraction of sp³-hybridized carbons (Fsp3) is 0.400. The van der Waals surface area contributed by atoms with E-state index in [2.05, 4.69) is 6.07 Å². The summed E-state index contributed by atoms with van der Waals surface area (Å²) >= 11 is 0. The summed E-state index contributed by atoms with van der Waals surface area (Å²) < 4.78 is 5.74. The third-order valence-corrected chi connectivity index (χ3v) is 3.90. The summed E-state index contributed by atoms with van der Waals surface area (Å²) in [6.45, 7) is 6.03. The average Bonchev–Trinajstić information content (AvgIpc) is 2.55. The van der Waals surface area contributed by atoms with Crippen molar-refractivity contribution in [2.24, 2.45) is 0 Å². The fourth-order valence-corrected chi connectivity index (χ4v) is 2.72. The summed E-state index contributed by atoms with van der Waals surface area (Å²) in [6.07, 6.45) is -0.610. The van der Waals surface area contributed by atoms with Gasteiger partial charge < -0.3 is 14.9 Å². The van der Waals surface area contributed by atoms with Gasteiger partial charge in [-0.25, -0.2) is 0 Å². The molecule has 2 aromatic rings. The van der Waals surface area contributed by atoms with Crippen molar-refractivity contribution in [3.05, 3.63) is 65.2 Å². The van der Waals surface area contributed by atoms with E-state index in [9.17, 15) is 10.2 Å². The molecule has 0 bridgehead atoms. The van der Waals surface area contributed by atoms with Gasteiger partial charge >= 0.3 is 0 Å². The highest BCUT2D eigenvalue weighted by Gasteiger charge is 2.13. The summed E-state index contributed by atoms with van der Waals surface area (Å²) in [6, 6.07) is 16.1. The van der Waals surface area contributed by atoms with E-state index in [4.69, 9.17) is 4.74 Å². The lowest BCUT2D eigenvalue weighted by Gasteiger charge is -2.24. The minimum Gasteiger partial charge on any atom is -0.491 e. The lowest BCUT2D eigenvalue weighted by molar-refractivity contribution is 0.0588. The maximum Gasteiger partial charge on any atom is 0.122 e. The SMILES string of the molecule is Cc1ccc(OC[C@H](O)CN(CCO)Cc2ccccc2)c(C)c1. The minimum atomic E-state index is -0.610. The third kappa shape index (κ3) is 5.96. The van der Waals surface area contributed by atoms with Crippen LogP contribution in [0.4, 0.5) is 0 Å². The van der Waals surface area contributed by atoms with Gasteiger partial charge in [-0.15, -0.1) is 0 Å². The summed E-state index contributed by atoms with van der Waals surface area (Å²) in [5, 5.41) is 19.5. The Kier molecular flexibility index (Phi) is 7.25. The number of rotatable bonds is 9. The van der Waals surface area contributed by atoms with Gasteiger partial charge in [-0.3, -0.25) is 4.90 Å². The van der Waals surface area contributed by atoms with Gasteiger partial charge in [-0.2, -0.15) is 0 Å². The molecule has 0 amide bonds. The molecule has 0 aliphatic carbocycles. The van der Waals surface area contributed by atoms with Crippen molar-refractivity contribution >= 4 is 0 Å². The van der Waals surface area contributed by atoms with Crippen LogP contribution < -0.4 is 4.74 Å². The monoisotopic (exact) mass is 329 g/mol. The first kappa shape index (κ1) is 18.5. The van der Waals surface area contributed by atoms with Crippen molar-refractivity contribution in [2.45, 2.75) is 26.5 Å². The number of aryl methyl sites for hydroxylation is 2. The summed E-state index contributed by atoms with van der Waals surface area (Å²) in [4.78, 5) is 2.03. The van der Waals surface area contributed by atoms with Gasteiger partial charge in [0.25, 0.3) is 0 Å². The van der Waals surface area contributed by atoms with E-state index < -0.39 is 6.10 Å². The normalized spacial score (nSPS) is 12.4. The van der Waals surface area contributed by atoms with Gasteiger partial charge in [0.05, 0.1) is 6.61 Å². The number of hydrogen-bond donors (Lipinski definition) is 2. The molecule has 24 heavy (non-hydrogen) atoms. The first-order chi connectivity index (χ1) is 11.6. The largest absolute Gasteiger partial charge is 0.491 e. The predicted octanol–water partition coefficient (Wildman–Crippen LogP) is 2.54. The summed E-state index contributed by atoms with van der Waals surface area (Å²) in [5.41, 5.74) is 3.42.